The third kappa shape index (κ3) is 7.13. The molecule has 0 aromatic carbocycles. The summed E-state index contributed by atoms with van der Waals surface area (Å²) in [6, 6.07) is 0.294. The highest BCUT2D eigenvalue weighted by atomic mass is 127. The molecule has 0 aliphatic carbocycles. The topological polar surface area (TPSA) is 60.0 Å². The SMILES string of the molecule is CCN(C)CCNC(=NC)NC1CCN(C(=O)C(C)C)C1.I. The van der Waals surface area contributed by atoms with Crippen LogP contribution >= 0.6 is 24.0 Å². The first-order chi connectivity index (χ1) is 9.97. The largest absolute Gasteiger partial charge is 0.355 e. The Hall–Kier alpha value is -0.570. The number of amides is 1. The Morgan fingerprint density at radius 3 is 2.68 bits per heavy atom. The fourth-order valence-electron chi connectivity index (χ4n) is 2.35. The van der Waals surface area contributed by atoms with Gasteiger partial charge in [0.2, 0.25) is 5.91 Å². The minimum Gasteiger partial charge on any atom is -0.355 e. The van der Waals surface area contributed by atoms with E-state index in [0.29, 0.717) is 6.04 Å². The molecule has 0 aromatic heterocycles. The molecular formula is C15H32IN5O. The molecule has 1 rings (SSSR count). The second-order valence-electron chi connectivity index (χ2n) is 5.96. The maximum atomic E-state index is 12.0. The van der Waals surface area contributed by atoms with E-state index in [4.69, 9.17) is 0 Å². The number of guanidine groups is 1. The van der Waals surface area contributed by atoms with Crippen LogP contribution in [0.3, 0.4) is 0 Å². The Labute approximate surface area is 152 Å². The van der Waals surface area contributed by atoms with Crippen LogP contribution in [-0.4, -0.2) is 74.5 Å². The number of carbonyl (C=O) groups is 1. The molecule has 1 amide bonds. The van der Waals surface area contributed by atoms with Gasteiger partial charge >= 0.3 is 0 Å². The van der Waals surface area contributed by atoms with Gasteiger partial charge in [-0.05, 0) is 20.0 Å². The fourth-order valence-corrected chi connectivity index (χ4v) is 2.35. The van der Waals surface area contributed by atoms with Gasteiger partial charge in [-0.1, -0.05) is 20.8 Å². The molecule has 0 radical (unpaired) electrons. The molecule has 130 valence electrons. The number of aliphatic imine (C=N–C) groups is 1. The van der Waals surface area contributed by atoms with E-state index < -0.39 is 0 Å². The Morgan fingerprint density at radius 1 is 1.45 bits per heavy atom. The van der Waals surface area contributed by atoms with Crippen molar-refractivity contribution in [1.82, 2.24) is 20.4 Å². The van der Waals surface area contributed by atoms with Crippen molar-refractivity contribution in [2.45, 2.75) is 33.2 Å². The van der Waals surface area contributed by atoms with Gasteiger partial charge in [0, 0.05) is 45.2 Å². The molecule has 1 saturated heterocycles. The lowest BCUT2D eigenvalue weighted by atomic mass is 10.2. The van der Waals surface area contributed by atoms with Crippen LogP contribution in [-0.2, 0) is 4.79 Å². The summed E-state index contributed by atoms with van der Waals surface area (Å²) in [5, 5.41) is 6.73. The minimum atomic E-state index is 0. The van der Waals surface area contributed by atoms with Crippen molar-refractivity contribution in [3.05, 3.63) is 0 Å². The summed E-state index contributed by atoms with van der Waals surface area (Å²) < 4.78 is 0. The van der Waals surface area contributed by atoms with Crippen LogP contribution in [0.25, 0.3) is 0 Å². The molecule has 0 aromatic rings. The summed E-state index contributed by atoms with van der Waals surface area (Å²) in [4.78, 5) is 20.4. The molecule has 0 spiro atoms. The quantitative estimate of drug-likeness (QED) is 0.379. The highest BCUT2D eigenvalue weighted by Crippen LogP contribution is 2.12. The standard InChI is InChI=1S/C15H31N5O.HI/c1-6-19(5)10-8-17-15(16-4)18-13-7-9-20(11-13)14(21)12(2)3;/h12-13H,6-11H2,1-5H3,(H2,16,17,18);1H. The Kier molecular flexibility index (Phi) is 10.8. The van der Waals surface area contributed by atoms with Crippen molar-refractivity contribution in [2.24, 2.45) is 10.9 Å². The van der Waals surface area contributed by atoms with E-state index >= 15 is 0 Å². The lowest BCUT2D eigenvalue weighted by Gasteiger charge is -2.21. The van der Waals surface area contributed by atoms with Crippen LogP contribution in [0.5, 0.6) is 0 Å². The number of carbonyl (C=O) groups excluding carboxylic acids is 1. The van der Waals surface area contributed by atoms with E-state index in [1.54, 1.807) is 7.05 Å². The average Bonchev–Trinajstić information content (AvgIpc) is 2.93. The third-order valence-electron chi connectivity index (χ3n) is 3.88. The first-order valence-electron chi connectivity index (χ1n) is 7.92. The van der Waals surface area contributed by atoms with Crippen molar-refractivity contribution in [2.75, 3.05) is 46.8 Å². The molecule has 22 heavy (non-hydrogen) atoms. The zero-order chi connectivity index (χ0) is 15.8. The van der Waals surface area contributed by atoms with Gasteiger partial charge in [0.15, 0.2) is 5.96 Å². The monoisotopic (exact) mass is 425 g/mol. The lowest BCUT2D eigenvalue weighted by molar-refractivity contribution is -0.133. The van der Waals surface area contributed by atoms with Gasteiger partial charge in [0.25, 0.3) is 0 Å². The van der Waals surface area contributed by atoms with Crippen molar-refractivity contribution < 1.29 is 4.79 Å². The van der Waals surface area contributed by atoms with Gasteiger partial charge in [-0.25, -0.2) is 0 Å². The van der Waals surface area contributed by atoms with Crippen molar-refractivity contribution in [3.63, 3.8) is 0 Å². The average molecular weight is 425 g/mol. The Bertz CT molecular complexity index is 362. The van der Waals surface area contributed by atoms with E-state index in [0.717, 1.165) is 45.1 Å². The summed E-state index contributed by atoms with van der Waals surface area (Å²) >= 11 is 0. The summed E-state index contributed by atoms with van der Waals surface area (Å²) in [6.07, 6.45) is 0.980. The molecule has 1 aliphatic heterocycles. The van der Waals surface area contributed by atoms with Crippen molar-refractivity contribution in [3.8, 4) is 0 Å². The molecule has 0 saturated carbocycles. The molecule has 2 N–H and O–H groups in total. The Morgan fingerprint density at radius 2 is 2.14 bits per heavy atom. The first kappa shape index (κ1) is 21.4. The molecule has 1 atom stereocenters. The number of hydrogen-bond acceptors (Lipinski definition) is 3. The zero-order valence-corrected chi connectivity index (χ0v) is 16.9. The predicted octanol–water partition coefficient (Wildman–Crippen LogP) is 0.978. The van der Waals surface area contributed by atoms with E-state index in [-0.39, 0.29) is 35.8 Å². The van der Waals surface area contributed by atoms with Crippen LogP contribution in [0.15, 0.2) is 4.99 Å². The summed E-state index contributed by atoms with van der Waals surface area (Å²) in [7, 11) is 3.88. The van der Waals surface area contributed by atoms with Gasteiger partial charge in [-0.2, -0.15) is 0 Å². The van der Waals surface area contributed by atoms with E-state index in [1.807, 2.05) is 18.7 Å². The second-order valence-corrected chi connectivity index (χ2v) is 5.96. The summed E-state index contributed by atoms with van der Waals surface area (Å²) in [5.41, 5.74) is 0. The Balaban J connectivity index is 0.00000441. The number of halogens is 1. The predicted molar refractivity (Wildman–Crippen MR) is 103 cm³/mol. The number of nitrogens with zero attached hydrogens (tertiary/aromatic N) is 3. The zero-order valence-electron chi connectivity index (χ0n) is 14.6. The number of rotatable bonds is 6. The van der Waals surface area contributed by atoms with Crippen LogP contribution in [0.2, 0.25) is 0 Å². The van der Waals surface area contributed by atoms with Crippen molar-refractivity contribution in [1.29, 1.82) is 0 Å². The number of likely N-dealkylation sites (tertiary alicyclic amines) is 1. The second kappa shape index (κ2) is 11.0. The molecule has 1 fully saturated rings. The smallest absolute Gasteiger partial charge is 0.225 e. The number of likely N-dealkylation sites (N-methyl/N-ethyl adjacent to an activating group) is 1. The highest BCUT2D eigenvalue weighted by Gasteiger charge is 2.27. The fraction of sp³-hybridized carbons (Fsp3) is 0.867. The van der Waals surface area contributed by atoms with Gasteiger partial charge in [0.05, 0.1) is 0 Å². The molecule has 1 heterocycles. The normalized spacial score (nSPS) is 18.6. The number of hydrogen-bond donors (Lipinski definition) is 2. The van der Waals surface area contributed by atoms with Crippen molar-refractivity contribution >= 4 is 35.8 Å². The van der Waals surface area contributed by atoms with Crippen LogP contribution in [0, 0.1) is 5.92 Å². The molecule has 6 nitrogen and oxygen atoms in total. The molecule has 7 heteroatoms. The molecular weight excluding hydrogens is 393 g/mol. The van der Waals surface area contributed by atoms with E-state index in [9.17, 15) is 4.79 Å². The van der Waals surface area contributed by atoms with E-state index in [1.165, 1.54) is 0 Å². The van der Waals surface area contributed by atoms with Crippen LogP contribution in [0.4, 0.5) is 0 Å². The summed E-state index contributed by atoms with van der Waals surface area (Å²) in [5.74, 6) is 1.14. The molecule has 1 aliphatic rings. The minimum absolute atomic E-state index is 0. The van der Waals surface area contributed by atoms with Gasteiger partial charge in [-0.15, -0.1) is 24.0 Å². The van der Waals surface area contributed by atoms with E-state index in [2.05, 4.69) is 34.5 Å². The summed E-state index contributed by atoms with van der Waals surface area (Å²) in [6.45, 7) is 10.6. The number of nitrogens with one attached hydrogen (secondary N) is 2. The molecule has 1 unspecified atom stereocenters. The third-order valence-corrected chi connectivity index (χ3v) is 3.88. The molecule has 0 bridgehead atoms. The maximum absolute atomic E-state index is 12.0. The van der Waals surface area contributed by atoms with Gasteiger partial charge in [0.1, 0.15) is 0 Å². The van der Waals surface area contributed by atoms with Crippen LogP contribution < -0.4 is 10.6 Å². The first-order valence-corrected chi connectivity index (χ1v) is 7.92. The van der Waals surface area contributed by atoms with Crippen LogP contribution in [0.1, 0.15) is 27.2 Å². The van der Waals surface area contributed by atoms with Gasteiger partial charge in [-0.3, -0.25) is 9.79 Å². The highest BCUT2D eigenvalue weighted by molar-refractivity contribution is 14.0. The van der Waals surface area contributed by atoms with Gasteiger partial charge < -0.3 is 20.4 Å². The maximum Gasteiger partial charge on any atom is 0.225 e. The lowest BCUT2D eigenvalue weighted by Crippen LogP contribution is -2.46.